The third-order valence-corrected chi connectivity index (χ3v) is 3.03. The van der Waals surface area contributed by atoms with Crippen LogP contribution in [0.15, 0.2) is 11.0 Å². The summed E-state index contributed by atoms with van der Waals surface area (Å²) in [6, 6.07) is 0. The third kappa shape index (κ3) is 2.48. The standard InChI is InChI=1S/C11H16N2O7/c1-2-19-11(18)5-3-13(12-9(5)17)10-8(16)7(15)6(4-14)20-10/h3,6-8,10,14-16H,2,4H2,1H3,(H,12,17)/t6-,7-,8-,10-/m1/s1. The molecule has 2 heterocycles. The van der Waals surface area contributed by atoms with E-state index in [1.54, 1.807) is 6.92 Å². The molecule has 0 aliphatic carbocycles. The number of aromatic amines is 1. The highest BCUT2D eigenvalue weighted by Crippen LogP contribution is 2.28. The van der Waals surface area contributed by atoms with Gasteiger partial charge in [0.25, 0.3) is 5.56 Å². The van der Waals surface area contributed by atoms with E-state index in [0.717, 1.165) is 10.9 Å². The van der Waals surface area contributed by atoms with E-state index in [0.29, 0.717) is 0 Å². The maximum atomic E-state index is 11.6. The summed E-state index contributed by atoms with van der Waals surface area (Å²) in [7, 11) is 0. The van der Waals surface area contributed by atoms with Crippen LogP contribution in [-0.2, 0) is 9.47 Å². The monoisotopic (exact) mass is 288 g/mol. The summed E-state index contributed by atoms with van der Waals surface area (Å²) >= 11 is 0. The van der Waals surface area contributed by atoms with Gasteiger partial charge in [-0.2, -0.15) is 0 Å². The second-order valence-electron chi connectivity index (χ2n) is 4.34. The Balaban J connectivity index is 2.25. The van der Waals surface area contributed by atoms with E-state index in [9.17, 15) is 19.8 Å². The topological polar surface area (TPSA) is 134 Å². The van der Waals surface area contributed by atoms with E-state index >= 15 is 0 Å². The van der Waals surface area contributed by atoms with Crippen LogP contribution in [0.25, 0.3) is 0 Å². The molecule has 1 aromatic rings. The van der Waals surface area contributed by atoms with Crippen molar-refractivity contribution < 1.29 is 29.6 Å². The lowest BCUT2D eigenvalue weighted by Crippen LogP contribution is -2.33. The molecular weight excluding hydrogens is 272 g/mol. The van der Waals surface area contributed by atoms with Crippen LogP contribution in [0.4, 0.5) is 0 Å². The maximum Gasteiger partial charge on any atom is 0.345 e. The number of aliphatic hydroxyl groups is 3. The first kappa shape index (κ1) is 14.7. The lowest BCUT2D eigenvalue weighted by atomic mass is 10.1. The molecule has 0 unspecified atom stereocenters. The van der Waals surface area contributed by atoms with Gasteiger partial charge in [0.05, 0.1) is 13.2 Å². The number of hydrogen-bond acceptors (Lipinski definition) is 7. The molecular formula is C11H16N2O7. The highest BCUT2D eigenvalue weighted by Gasteiger charge is 2.43. The Hall–Kier alpha value is -1.68. The summed E-state index contributed by atoms with van der Waals surface area (Å²) in [6.45, 7) is 1.25. The third-order valence-electron chi connectivity index (χ3n) is 3.03. The lowest BCUT2D eigenvalue weighted by Gasteiger charge is -2.15. The largest absolute Gasteiger partial charge is 0.462 e. The molecule has 1 saturated heterocycles. The summed E-state index contributed by atoms with van der Waals surface area (Å²) in [4.78, 5) is 23.1. The molecule has 2 rings (SSSR count). The van der Waals surface area contributed by atoms with Gasteiger partial charge in [0, 0.05) is 6.20 Å². The van der Waals surface area contributed by atoms with Crippen LogP contribution in [0.2, 0.25) is 0 Å². The molecule has 0 spiro atoms. The molecule has 0 amide bonds. The van der Waals surface area contributed by atoms with Crippen molar-refractivity contribution in [3.8, 4) is 0 Å². The Morgan fingerprint density at radius 3 is 2.75 bits per heavy atom. The number of nitrogens with zero attached hydrogens (tertiary/aromatic N) is 1. The normalized spacial score (nSPS) is 29.6. The molecule has 1 aliphatic rings. The van der Waals surface area contributed by atoms with Crippen molar-refractivity contribution in [3.05, 3.63) is 22.1 Å². The molecule has 112 valence electrons. The van der Waals surface area contributed by atoms with Gasteiger partial charge in [-0.1, -0.05) is 0 Å². The van der Waals surface area contributed by atoms with E-state index in [1.165, 1.54) is 0 Å². The van der Waals surface area contributed by atoms with Crippen LogP contribution in [0.5, 0.6) is 0 Å². The Morgan fingerprint density at radius 2 is 2.20 bits per heavy atom. The molecule has 1 aliphatic heterocycles. The number of esters is 1. The Bertz CT molecular complexity index is 537. The first-order valence-electron chi connectivity index (χ1n) is 6.10. The minimum absolute atomic E-state index is 0.122. The fourth-order valence-electron chi connectivity index (χ4n) is 2.01. The number of ether oxygens (including phenoxy) is 2. The number of rotatable bonds is 4. The average molecular weight is 288 g/mol. The van der Waals surface area contributed by atoms with Crippen molar-refractivity contribution in [1.29, 1.82) is 0 Å². The first-order valence-corrected chi connectivity index (χ1v) is 6.10. The molecule has 0 radical (unpaired) electrons. The Labute approximate surface area is 113 Å². The molecule has 1 fully saturated rings. The number of carbonyl (C=O) groups is 1. The van der Waals surface area contributed by atoms with Crippen LogP contribution in [0, 0.1) is 0 Å². The fourth-order valence-corrected chi connectivity index (χ4v) is 2.01. The van der Waals surface area contributed by atoms with Gasteiger partial charge in [-0.25, -0.2) is 4.79 Å². The molecule has 9 heteroatoms. The highest BCUT2D eigenvalue weighted by atomic mass is 16.6. The molecule has 1 aromatic heterocycles. The number of H-pyrrole nitrogens is 1. The van der Waals surface area contributed by atoms with Gasteiger partial charge < -0.3 is 24.8 Å². The maximum absolute atomic E-state index is 11.6. The highest BCUT2D eigenvalue weighted by molar-refractivity contribution is 5.88. The van der Waals surface area contributed by atoms with Crippen molar-refractivity contribution in [3.63, 3.8) is 0 Å². The minimum Gasteiger partial charge on any atom is -0.462 e. The van der Waals surface area contributed by atoms with Gasteiger partial charge in [0.15, 0.2) is 6.23 Å². The zero-order valence-corrected chi connectivity index (χ0v) is 10.7. The van der Waals surface area contributed by atoms with Crippen molar-refractivity contribution in [1.82, 2.24) is 9.78 Å². The van der Waals surface area contributed by atoms with Gasteiger partial charge in [0.1, 0.15) is 23.9 Å². The van der Waals surface area contributed by atoms with Crippen molar-refractivity contribution >= 4 is 5.97 Å². The summed E-state index contributed by atoms with van der Waals surface area (Å²) in [5.74, 6) is -0.792. The number of aliphatic hydroxyl groups excluding tert-OH is 3. The second-order valence-corrected chi connectivity index (χ2v) is 4.34. The number of carbonyl (C=O) groups excluding carboxylic acids is 1. The quantitative estimate of drug-likeness (QED) is 0.469. The van der Waals surface area contributed by atoms with Crippen molar-refractivity contribution in [2.45, 2.75) is 31.5 Å². The van der Waals surface area contributed by atoms with Crippen molar-refractivity contribution in [2.75, 3.05) is 13.2 Å². The molecule has 0 saturated carbocycles. The second kappa shape index (κ2) is 5.75. The lowest BCUT2D eigenvalue weighted by molar-refractivity contribution is -0.0588. The number of hydrogen-bond donors (Lipinski definition) is 4. The van der Waals surface area contributed by atoms with E-state index in [2.05, 4.69) is 5.10 Å². The molecule has 0 bridgehead atoms. The van der Waals surface area contributed by atoms with Crippen LogP contribution in [0.1, 0.15) is 23.5 Å². The van der Waals surface area contributed by atoms with Crippen LogP contribution >= 0.6 is 0 Å². The van der Waals surface area contributed by atoms with E-state index in [1.807, 2.05) is 0 Å². The Morgan fingerprint density at radius 1 is 1.50 bits per heavy atom. The molecule has 0 aromatic carbocycles. The molecule has 9 nitrogen and oxygen atoms in total. The molecule has 4 atom stereocenters. The molecule has 20 heavy (non-hydrogen) atoms. The SMILES string of the molecule is CCOC(=O)c1cn([C@@H]2O[C@H](CO)[C@@H](O)[C@H]2O)[nH]c1=O. The minimum atomic E-state index is -1.34. The van der Waals surface area contributed by atoms with Gasteiger partial charge in [-0.05, 0) is 6.92 Å². The Kier molecular flexibility index (Phi) is 4.23. The summed E-state index contributed by atoms with van der Waals surface area (Å²) in [6.07, 6.45) is -3.56. The zero-order valence-electron chi connectivity index (χ0n) is 10.7. The smallest absolute Gasteiger partial charge is 0.345 e. The van der Waals surface area contributed by atoms with Crippen LogP contribution in [-0.4, -0.2) is 62.6 Å². The van der Waals surface area contributed by atoms with Crippen LogP contribution in [0.3, 0.4) is 0 Å². The molecule has 4 N–H and O–H groups in total. The summed E-state index contributed by atoms with van der Waals surface area (Å²) in [5.41, 5.74) is -0.925. The average Bonchev–Trinajstić information content (AvgIpc) is 2.92. The van der Waals surface area contributed by atoms with E-state index in [-0.39, 0.29) is 12.2 Å². The summed E-state index contributed by atoms with van der Waals surface area (Å²) in [5, 5.41) is 30.7. The van der Waals surface area contributed by atoms with Gasteiger partial charge in [-0.3, -0.25) is 14.6 Å². The van der Waals surface area contributed by atoms with E-state index in [4.69, 9.17) is 14.6 Å². The van der Waals surface area contributed by atoms with Gasteiger partial charge in [-0.15, -0.1) is 0 Å². The fraction of sp³-hybridized carbons (Fsp3) is 0.636. The predicted octanol–water partition coefficient (Wildman–Crippen LogP) is -2.04. The van der Waals surface area contributed by atoms with E-state index < -0.39 is 42.7 Å². The van der Waals surface area contributed by atoms with Crippen LogP contribution < -0.4 is 5.56 Å². The van der Waals surface area contributed by atoms with Crippen molar-refractivity contribution in [2.24, 2.45) is 0 Å². The number of nitrogens with one attached hydrogen (secondary N) is 1. The predicted molar refractivity (Wildman–Crippen MR) is 64.0 cm³/mol. The number of aromatic nitrogens is 2. The van der Waals surface area contributed by atoms with Gasteiger partial charge >= 0.3 is 5.97 Å². The summed E-state index contributed by atoms with van der Waals surface area (Å²) < 4.78 is 11.0. The first-order chi connectivity index (χ1) is 9.49. The zero-order chi connectivity index (χ0) is 14.9. The van der Waals surface area contributed by atoms with Gasteiger partial charge in [0.2, 0.25) is 0 Å².